The Morgan fingerprint density at radius 2 is 1.83 bits per heavy atom. The summed E-state index contributed by atoms with van der Waals surface area (Å²) < 4.78 is 8.32. The van der Waals surface area contributed by atoms with Crippen molar-refractivity contribution in [3.63, 3.8) is 0 Å². The van der Waals surface area contributed by atoms with Crippen LogP contribution < -0.4 is 4.57 Å². The van der Waals surface area contributed by atoms with Gasteiger partial charge < -0.3 is 4.42 Å². The van der Waals surface area contributed by atoms with Crippen molar-refractivity contribution in [1.29, 1.82) is 0 Å². The van der Waals surface area contributed by atoms with E-state index in [1.165, 1.54) is 0 Å². The molecule has 0 bridgehead atoms. The lowest BCUT2D eigenvalue weighted by Gasteiger charge is -2.05. The summed E-state index contributed by atoms with van der Waals surface area (Å²) in [4.78, 5) is 3.65. The predicted molar refractivity (Wildman–Crippen MR) is 96.1 cm³/mol. The third-order valence-electron chi connectivity index (χ3n) is 4.51. The molecule has 2 aromatic carbocycles. The second kappa shape index (κ2) is 5.21. The van der Waals surface area contributed by atoms with Crippen molar-refractivity contribution >= 4 is 27.6 Å². The summed E-state index contributed by atoms with van der Waals surface area (Å²) in [7, 11) is 2.03. The number of fused-ring (bicyclic) bond motifs is 3. The fourth-order valence-corrected chi connectivity index (χ4v) is 3.35. The fourth-order valence-electron chi connectivity index (χ4n) is 3.35. The van der Waals surface area contributed by atoms with Crippen LogP contribution in [0.2, 0.25) is 0 Å². The molecular formula is C21H17N2O+. The topological polar surface area (TPSA) is 21.4 Å². The van der Waals surface area contributed by atoms with E-state index in [2.05, 4.69) is 40.6 Å². The third-order valence-corrected chi connectivity index (χ3v) is 4.51. The molecular weight excluding hydrogens is 296 g/mol. The lowest BCUT2D eigenvalue weighted by atomic mass is 10.00. The third kappa shape index (κ3) is 2.00. The standard InChI is InChI=1S/C21H17N2O/c1-13-11-16-15-9-8-14(2)19(18-7-5-6-10-23(18)4)21(15)24-20(16)17(12-13)22-3/h5-12H,1-2,4H3/q+1. The van der Waals surface area contributed by atoms with Gasteiger partial charge in [0.25, 0.3) is 0 Å². The maximum atomic E-state index is 7.45. The van der Waals surface area contributed by atoms with Gasteiger partial charge in [-0.05, 0) is 31.5 Å². The smallest absolute Gasteiger partial charge is 0.229 e. The molecule has 2 heterocycles. The number of aromatic nitrogens is 1. The molecule has 0 spiro atoms. The van der Waals surface area contributed by atoms with Crippen LogP contribution in [-0.4, -0.2) is 0 Å². The van der Waals surface area contributed by atoms with Crippen LogP contribution >= 0.6 is 0 Å². The Hall–Kier alpha value is -3.12. The van der Waals surface area contributed by atoms with Gasteiger partial charge in [0.05, 0.1) is 12.1 Å². The fraction of sp³-hybridized carbons (Fsp3) is 0.143. The van der Waals surface area contributed by atoms with Gasteiger partial charge in [-0.25, -0.2) is 9.41 Å². The Labute approximate surface area is 140 Å². The molecule has 0 unspecified atom stereocenters. The molecule has 4 rings (SSSR count). The van der Waals surface area contributed by atoms with Crippen molar-refractivity contribution in [3.05, 3.63) is 71.2 Å². The Kier molecular flexibility index (Phi) is 3.14. The van der Waals surface area contributed by atoms with Gasteiger partial charge >= 0.3 is 0 Å². The van der Waals surface area contributed by atoms with Crippen LogP contribution in [0.1, 0.15) is 11.1 Å². The molecule has 0 aliphatic carbocycles. The molecule has 0 aliphatic rings. The number of rotatable bonds is 1. The molecule has 0 fully saturated rings. The predicted octanol–water partition coefficient (Wildman–Crippen LogP) is 5.25. The van der Waals surface area contributed by atoms with E-state index in [9.17, 15) is 0 Å². The van der Waals surface area contributed by atoms with Gasteiger partial charge in [0, 0.05) is 22.9 Å². The summed E-state index contributed by atoms with van der Waals surface area (Å²) in [6.07, 6.45) is 2.03. The molecule has 0 amide bonds. The second-order valence-corrected chi connectivity index (χ2v) is 6.21. The van der Waals surface area contributed by atoms with E-state index in [1.807, 2.05) is 38.4 Å². The van der Waals surface area contributed by atoms with Gasteiger partial charge in [-0.15, -0.1) is 0 Å². The molecule has 4 aromatic rings. The van der Waals surface area contributed by atoms with Crippen LogP contribution in [0.5, 0.6) is 0 Å². The van der Waals surface area contributed by atoms with E-state index in [1.54, 1.807) is 0 Å². The SMILES string of the molecule is [C-]#[N+]c1cc(C)cc2c1oc1c(-c3cccc[n+]3C)c(C)ccc12. The summed E-state index contributed by atoms with van der Waals surface area (Å²) in [6.45, 7) is 11.6. The number of nitrogens with zero attached hydrogens (tertiary/aromatic N) is 2. The molecule has 0 radical (unpaired) electrons. The molecule has 0 aliphatic heterocycles. The summed E-state index contributed by atoms with van der Waals surface area (Å²) >= 11 is 0. The quantitative estimate of drug-likeness (QED) is 0.347. The van der Waals surface area contributed by atoms with E-state index in [0.29, 0.717) is 11.3 Å². The minimum Gasteiger partial charge on any atom is -0.466 e. The number of benzene rings is 2. The van der Waals surface area contributed by atoms with E-state index < -0.39 is 0 Å². The Morgan fingerprint density at radius 1 is 1.00 bits per heavy atom. The molecule has 0 N–H and O–H groups in total. The first-order chi connectivity index (χ1) is 11.6. The Bertz CT molecular complexity index is 1150. The van der Waals surface area contributed by atoms with Gasteiger partial charge in [0.1, 0.15) is 18.2 Å². The van der Waals surface area contributed by atoms with Crippen LogP contribution in [0, 0.1) is 20.4 Å². The van der Waals surface area contributed by atoms with Crippen molar-refractivity contribution in [2.75, 3.05) is 0 Å². The summed E-state index contributed by atoms with van der Waals surface area (Å²) in [6, 6.07) is 14.3. The molecule has 0 atom stereocenters. The van der Waals surface area contributed by atoms with Crippen LogP contribution in [0.25, 0.3) is 38.0 Å². The van der Waals surface area contributed by atoms with Gasteiger partial charge in [-0.3, -0.25) is 0 Å². The lowest BCUT2D eigenvalue weighted by Crippen LogP contribution is -2.30. The number of pyridine rings is 1. The molecule has 3 heteroatoms. The number of hydrogen-bond acceptors (Lipinski definition) is 1. The zero-order valence-corrected chi connectivity index (χ0v) is 13.9. The maximum Gasteiger partial charge on any atom is 0.229 e. The van der Waals surface area contributed by atoms with Gasteiger partial charge in [0.15, 0.2) is 6.20 Å². The average Bonchev–Trinajstić information content (AvgIpc) is 2.93. The van der Waals surface area contributed by atoms with E-state index in [0.717, 1.165) is 38.7 Å². The molecule has 0 saturated heterocycles. The zero-order chi connectivity index (χ0) is 16.8. The first-order valence-electron chi connectivity index (χ1n) is 7.89. The summed E-state index contributed by atoms with van der Waals surface area (Å²) in [5.41, 5.74) is 6.51. The first-order valence-corrected chi connectivity index (χ1v) is 7.89. The molecule has 3 nitrogen and oxygen atoms in total. The minimum atomic E-state index is 0.572. The Balaban J connectivity index is 2.20. The second-order valence-electron chi connectivity index (χ2n) is 6.21. The summed E-state index contributed by atoms with van der Waals surface area (Å²) in [5, 5.41) is 2.07. The Morgan fingerprint density at radius 3 is 2.58 bits per heavy atom. The summed E-state index contributed by atoms with van der Waals surface area (Å²) in [5.74, 6) is 0. The number of hydrogen-bond donors (Lipinski definition) is 0. The van der Waals surface area contributed by atoms with E-state index in [4.69, 9.17) is 11.0 Å². The van der Waals surface area contributed by atoms with Gasteiger partial charge in [-0.1, -0.05) is 23.8 Å². The zero-order valence-electron chi connectivity index (χ0n) is 13.9. The van der Waals surface area contributed by atoms with Crippen molar-refractivity contribution in [2.45, 2.75) is 13.8 Å². The molecule has 0 saturated carbocycles. The highest BCUT2D eigenvalue weighted by molar-refractivity contribution is 6.13. The highest BCUT2D eigenvalue weighted by Crippen LogP contribution is 2.40. The van der Waals surface area contributed by atoms with Crippen molar-refractivity contribution in [1.82, 2.24) is 0 Å². The normalized spacial score (nSPS) is 11.1. The highest BCUT2D eigenvalue weighted by Gasteiger charge is 2.21. The first kappa shape index (κ1) is 14.5. The van der Waals surface area contributed by atoms with Crippen molar-refractivity contribution in [2.24, 2.45) is 7.05 Å². The number of aryl methyl sites for hydroxylation is 3. The van der Waals surface area contributed by atoms with Crippen LogP contribution in [0.3, 0.4) is 0 Å². The molecule has 2 aromatic heterocycles. The van der Waals surface area contributed by atoms with Crippen LogP contribution in [0.15, 0.2) is 53.1 Å². The minimum absolute atomic E-state index is 0.572. The van der Waals surface area contributed by atoms with Crippen LogP contribution in [0.4, 0.5) is 5.69 Å². The van der Waals surface area contributed by atoms with E-state index in [-0.39, 0.29) is 0 Å². The number of furan rings is 1. The highest BCUT2D eigenvalue weighted by atomic mass is 16.3. The van der Waals surface area contributed by atoms with E-state index >= 15 is 0 Å². The van der Waals surface area contributed by atoms with Gasteiger partial charge in [-0.2, -0.15) is 0 Å². The van der Waals surface area contributed by atoms with Crippen molar-refractivity contribution < 1.29 is 8.98 Å². The van der Waals surface area contributed by atoms with Crippen LogP contribution in [-0.2, 0) is 7.05 Å². The maximum absolute atomic E-state index is 7.45. The molecule has 116 valence electrons. The monoisotopic (exact) mass is 313 g/mol. The largest absolute Gasteiger partial charge is 0.466 e. The van der Waals surface area contributed by atoms with Gasteiger partial charge in [0.2, 0.25) is 11.4 Å². The lowest BCUT2D eigenvalue weighted by molar-refractivity contribution is -0.660. The average molecular weight is 313 g/mol. The molecule has 24 heavy (non-hydrogen) atoms. The van der Waals surface area contributed by atoms with Crippen molar-refractivity contribution in [3.8, 4) is 11.3 Å².